The van der Waals surface area contributed by atoms with Gasteiger partial charge in [-0.05, 0) is 24.3 Å². The molecular formula is C16H14BCl2N3O. The summed E-state index contributed by atoms with van der Waals surface area (Å²) in [6.45, 7) is 0.0565. The number of aromatic nitrogens is 2. The number of halogens is 2. The summed E-state index contributed by atoms with van der Waals surface area (Å²) >= 11 is 12.0. The van der Waals surface area contributed by atoms with E-state index in [2.05, 4.69) is 0 Å². The Balaban J connectivity index is 2.09. The van der Waals surface area contributed by atoms with Crippen LogP contribution in [-0.4, -0.2) is 22.8 Å². The van der Waals surface area contributed by atoms with E-state index in [4.69, 9.17) is 28.6 Å². The standard InChI is InChI=1S/C16H14BCl2N3O/c1-21-15-11(17)3-2-4-13(15)22(16(21)20)8-14(23)10-6-5-9(18)7-12(10)19/h2-7,20H,8,17H2,1H3. The summed E-state index contributed by atoms with van der Waals surface area (Å²) < 4.78 is 3.47. The third kappa shape index (κ3) is 2.71. The van der Waals surface area contributed by atoms with Crippen LogP contribution in [0.4, 0.5) is 0 Å². The van der Waals surface area contributed by atoms with Crippen molar-refractivity contribution in [1.29, 1.82) is 5.41 Å². The van der Waals surface area contributed by atoms with Crippen LogP contribution in [0.25, 0.3) is 11.0 Å². The molecule has 0 radical (unpaired) electrons. The monoisotopic (exact) mass is 345 g/mol. The van der Waals surface area contributed by atoms with Gasteiger partial charge in [-0.2, -0.15) is 0 Å². The van der Waals surface area contributed by atoms with Gasteiger partial charge in [-0.1, -0.05) is 40.8 Å². The highest BCUT2D eigenvalue weighted by Crippen LogP contribution is 2.22. The van der Waals surface area contributed by atoms with E-state index in [-0.39, 0.29) is 17.9 Å². The lowest BCUT2D eigenvalue weighted by molar-refractivity contribution is 0.0971. The van der Waals surface area contributed by atoms with Gasteiger partial charge in [-0.3, -0.25) is 10.2 Å². The molecule has 0 atom stereocenters. The van der Waals surface area contributed by atoms with Gasteiger partial charge < -0.3 is 9.13 Å². The lowest BCUT2D eigenvalue weighted by Crippen LogP contribution is -2.26. The number of carbonyl (C=O) groups excluding carboxylic acids is 1. The van der Waals surface area contributed by atoms with Crippen molar-refractivity contribution in [2.75, 3.05) is 0 Å². The number of para-hydroxylation sites is 1. The van der Waals surface area contributed by atoms with Crippen molar-refractivity contribution in [3.05, 3.63) is 57.6 Å². The number of Topliss-reactive ketones (excluding diaryl/α,β-unsaturated/α-hetero) is 1. The third-order valence-corrected chi connectivity index (χ3v) is 4.50. The van der Waals surface area contributed by atoms with Crippen molar-refractivity contribution >= 4 is 53.3 Å². The first-order valence-electron chi connectivity index (χ1n) is 7.08. The Kier molecular flexibility index (Phi) is 4.09. The topological polar surface area (TPSA) is 50.8 Å². The number of nitrogens with one attached hydrogen (secondary N) is 1. The Hall–Kier alpha value is -1.98. The van der Waals surface area contributed by atoms with Crippen LogP contribution in [0.15, 0.2) is 36.4 Å². The second-order valence-electron chi connectivity index (χ2n) is 5.46. The molecule has 0 saturated heterocycles. The minimum Gasteiger partial charge on any atom is -0.314 e. The average Bonchev–Trinajstić information content (AvgIpc) is 2.73. The fraction of sp³-hybridized carbons (Fsp3) is 0.125. The first-order valence-corrected chi connectivity index (χ1v) is 7.83. The Morgan fingerprint density at radius 1 is 1.26 bits per heavy atom. The van der Waals surface area contributed by atoms with Crippen molar-refractivity contribution in [3.63, 3.8) is 0 Å². The van der Waals surface area contributed by atoms with Crippen molar-refractivity contribution in [2.45, 2.75) is 6.54 Å². The van der Waals surface area contributed by atoms with Gasteiger partial charge in [0.1, 0.15) is 7.85 Å². The molecule has 0 spiro atoms. The van der Waals surface area contributed by atoms with Crippen LogP contribution in [0.3, 0.4) is 0 Å². The quantitative estimate of drug-likeness (QED) is 0.572. The summed E-state index contributed by atoms with van der Waals surface area (Å²) in [6.07, 6.45) is 0. The molecule has 1 aromatic heterocycles. The number of nitrogens with zero attached hydrogens (tertiary/aromatic N) is 2. The predicted octanol–water partition coefficient (Wildman–Crippen LogP) is 1.91. The van der Waals surface area contributed by atoms with Gasteiger partial charge in [0.05, 0.1) is 22.6 Å². The first kappa shape index (κ1) is 15.9. The van der Waals surface area contributed by atoms with Gasteiger partial charge in [0.15, 0.2) is 5.78 Å². The maximum absolute atomic E-state index is 12.6. The summed E-state index contributed by atoms with van der Waals surface area (Å²) in [5.74, 6) is -0.154. The molecule has 3 aromatic rings. The highest BCUT2D eigenvalue weighted by Gasteiger charge is 2.16. The van der Waals surface area contributed by atoms with Crippen LogP contribution in [0.1, 0.15) is 10.4 Å². The summed E-state index contributed by atoms with van der Waals surface area (Å²) in [5.41, 5.74) is 3.55. The molecule has 0 aliphatic carbocycles. The molecule has 3 rings (SSSR count). The molecule has 0 aliphatic rings. The maximum Gasteiger partial charge on any atom is 0.203 e. The van der Waals surface area contributed by atoms with Crippen LogP contribution in [0.2, 0.25) is 10.0 Å². The second kappa shape index (κ2) is 5.91. The molecular weight excluding hydrogens is 332 g/mol. The van der Waals surface area contributed by atoms with E-state index >= 15 is 0 Å². The summed E-state index contributed by atoms with van der Waals surface area (Å²) in [4.78, 5) is 12.6. The second-order valence-corrected chi connectivity index (χ2v) is 6.30. The molecule has 0 fully saturated rings. The molecule has 2 aromatic carbocycles. The number of fused-ring (bicyclic) bond motifs is 1. The van der Waals surface area contributed by atoms with E-state index in [9.17, 15) is 4.79 Å². The molecule has 0 amide bonds. The molecule has 23 heavy (non-hydrogen) atoms. The number of rotatable bonds is 3. The zero-order valence-corrected chi connectivity index (χ0v) is 14.2. The van der Waals surface area contributed by atoms with E-state index in [0.717, 1.165) is 16.5 Å². The van der Waals surface area contributed by atoms with Gasteiger partial charge in [0.2, 0.25) is 5.62 Å². The molecule has 7 heteroatoms. The van der Waals surface area contributed by atoms with Crippen LogP contribution in [0, 0.1) is 5.41 Å². The minimum absolute atomic E-state index is 0.0565. The number of hydrogen-bond donors (Lipinski definition) is 1. The highest BCUT2D eigenvalue weighted by molar-refractivity contribution is 6.38. The van der Waals surface area contributed by atoms with E-state index < -0.39 is 0 Å². The van der Waals surface area contributed by atoms with E-state index in [1.165, 1.54) is 0 Å². The molecule has 0 bridgehead atoms. The fourth-order valence-corrected chi connectivity index (χ4v) is 3.32. The smallest absolute Gasteiger partial charge is 0.203 e. The molecule has 0 saturated carbocycles. The molecule has 4 nitrogen and oxygen atoms in total. The highest BCUT2D eigenvalue weighted by atomic mass is 35.5. The maximum atomic E-state index is 12.6. The normalized spacial score (nSPS) is 11.1. The molecule has 116 valence electrons. The summed E-state index contributed by atoms with van der Waals surface area (Å²) in [5, 5.41) is 9.10. The SMILES string of the molecule is Bc1cccc2c1n(C)c(=N)n2CC(=O)c1ccc(Cl)cc1Cl. The zero-order valence-electron chi connectivity index (χ0n) is 12.7. The lowest BCUT2D eigenvalue weighted by atomic mass is 9.94. The summed E-state index contributed by atoms with van der Waals surface area (Å²) in [6, 6.07) is 10.6. The third-order valence-electron chi connectivity index (χ3n) is 3.95. The van der Waals surface area contributed by atoms with Crippen LogP contribution in [-0.2, 0) is 13.6 Å². The number of aryl methyl sites for hydroxylation is 1. The number of imidazole rings is 1. The van der Waals surface area contributed by atoms with Crippen molar-refractivity contribution in [2.24, 2.45) is 7.05 Å². The van der Waals surface area contributed by atoms with Gasteiger partial charge >= 0.3 is 0 Å². The molecule has 0 aliphatic heterocycles. The number of hydrogen-bond acceptors (Lipinski definition) is 2. The fourth-order valence-electron chi connectivity index (χ4n) is 2.80. The van der Waals surface area contributed by atoms with Gasteiger partial charge in [-0.15, -0.1) is 0 Å². The Morgan fingerprint density at radius 2 is 2.00 bits per heavy atom. The number of carbonyl (C=O) groups is 1. The van der Waals surface area contributed by atoms with Crippen molar-refractivity contribution in [1.82, 2.24) is 9.13 Å². The minimum atomic E-state index is -0.154. The van der Waals surface area contributed by atoms with E-state index in [1.807, 2.05) is 33.1 Å². The number of ketones is 1. The Morgan fingerprint density at radius 3 is 2.70 bits per heavy atom. The van der Waals surface area contributed by atoms with Gasteiger partial charge in [-0.25, -0.2) is 0 Å². The Bertz CT molecular complexity index is 991. The van der Waals surface area contributed by atoms with Gasteiger partial charge in [0, 0.05) is 17.6 Å². The van der Waals surface area contributed by atoms with Crippen LogP contribution < -0.4 is 11.1 Å². The lowest BCUT2D eigenvalue weighted by Gasteiger charge is -2.06. The van der Waals surface area contributed by atoms with Crippen LogP contribution >= 0.6 is 23.2 Å². The predicted molar refractivity (Wildman–Crippen MR) is 95.7 cm³/mol. The van der Waals surface area contributed by atoms with Gasteiger partial charge in [0.25, 0.3) is 0 Å². The average molecular weight is 346 g/mol. The van der Waals surface area contributed by atoms with E-state index in [0.29, 0.717) is 15.6 Å². The van der Waals surface area contributed by atoms with E-state index in [1.54, 1.807) is 27.3 Å². The largest absolute Gasteiger partial charge is 0.314 e. The van der Waals surface area contributed by atoms with Crippen molar-refractivity contribution < 1.29 is 4.79 Å². The molecule has 1 heterocycles. The van der Waals surface area contributed by atoms with Crippen molar-refractivity contribution in [3.8, 4) is 0 Å². The first-order chi connectivity index (χ1) is 10.9. The molecule has 1 N–H and O–H groups in total. The van der Waals surface area contributed by atoms with Crippen LogP contribution in [0.5, 0.6) is 0 Å². The summed E-state index contributed by atoms with van der Waals surface area (Å²) in [7, 11) is 3.82. The Labute approximate surface area is 144 Å². The molecule has 0 unspecified atom stereocenters. The zero-order chi connectivity index (χ0) is 16.7. The number of benzene rings is 2.